The monoisotopic (exact) mass is 532 g/mol. The number of aliphatic carboxylic acids is 2. The number of ether oxygens (including phenoxy) is 1. The van der Waals surface area contributed by atoms with E-state index >= 15 is 4.39 Å². The number of amides is 1. The highest BCUT2D eigenvalue weighted by Crippen LogP contribution is 2.41. The summed E-state index contributed by atoms with van der Waals surface area (Å²) >= 11 is 0. The minimum Gasteiger partial charge on any atom is -0.473 e. The largest absolute Gasteiger partial charge is 0.473 e. The maximum Gasteiger partial charge on any atom is 0.414 e. The molecule has 2 bridgehead atoms. The van der Waals surface area contributed by atoms with E-state index in [0.717, 1.165) is 36.6 Å². The molecule has 2 unspecified atom stereocenters. The number of nitrogens with zero attached hydrogens (tertiary/aromatic N) is 3. The molecule has 5 rings (SSSR count). The molecule has 3 aliphatic heterocycles. The van der Waals surface area contributed by atoms with E-state index in [1.807, 2.05) is 28.9 Å². The molecule has 3 aliphatic rings. The molecule has 1 aromatic heterocycles. The number of halogens is 1. The molecule has 11 heteroatoms. The number of nitrogens with one attached hydrogen (secondary N) is 1. The van der Waals surface area contributed by atoms with Crippen LogP contribution >= 0.6 is 0 Å². The lowest BCUT2D eigenvalue weighted by atomic mass is 9.88. The van der Waals surface area contributed by atoms with Gasteiger partial charge in [0, 0.05) is 62.7 Å². The molecule has 38 heavy (non-hydrogen) atoms. The topological polar surface area (TPSA) is 134 Å². The standard InChI is InChI=1S/C25H35FN4O2.C2H2O4/c1-17(2)30-22-6-4-3-5-21(22)23(28-30)24(31)27-15-18-13-19-7-8-20(14-18)29(19)16-25(26)9-11-32-12-10-25;3-1(4)2(5)6/h3-6,17-20H,7-16H2,1-2H3,(H,27,31);(H,3,4)(H,5,6). The van der Waals surface area contributed by atoms with E-state index in [9.17, 15) is 4.79 Å². The van der Waals surface area contributed by atoms with Crippen molar-refractivity contribution in [3.8, 4) is 0 Å². The van der Waals surface area contributed by atoms with Crippen LogP contribution in [-0.2, 0) is 14.3 Å². The van der Waals surface area contributed by atoms with Gasteiger partial charge in [0.15, 0.2) is 5.69 Å². The van der Waals surface area contributed by atoms with Gasteiger partial charge in [-0.3, -0.25) is 14.4 Å². The molecule has 0 radical (unpaired) electrons. The van der Waals surface area contributed by atoms with Crippen LogP contribution in [0.5, 0.6) is 0 Å². The average molecular weight is 533 g/mol. The zero-order valence-corrected chi connectivity index (χ0v) is 21.9. The van der Waals surface area contributed by atoms with Crippen molar-refractivity contribution in [2.45, 2.75) is 76.2 Å². The number of benzene rings is 1. The SMILES string of the molecule is CC(C)n1nc(C(=O)NCC2CC3CCC(C2)N3CC2(F)CCOCC2)c2ccccc21.O=C(O)C(=O)O. The Balaban J connectivity index is 0.000000505. The van der Waals surface area contributed by atoms with Gasteiger partial charge in [0.25, 0.3) is 5.91 Å². The van der Waals surface area contributed by atoms with E-state index in [1.165, 1.54) is 0 Å². The number of carbonyl (C=O) groups excluding carboxylic acids is 1. The summed E-state index contributed by atoms with van der Waals surface area (Å²) in [5.41, 5.74) is 0.400. The molecule has 3 saturated heterocycles. The van der Waals surface area contributed by atoms with Gasteiger partial charge in [-0.05, 0) is 51.5 Å². The van der Waals surface area contributed by atoms with Crippen molar-refractivity contribution >= 4 is 28.7 Å². The second-order valence-electron chi connectivity index (χ2n) is 10.9. The summed E-state index contributed by atoms with van der Waals surface area (Å²) < 4.78 is 22.6. The van der Waals surface area contributed by atoms with Crippen LogP contribution in [0.15, 0.2) is 24.3 Å². The second-order valence-corrected chi connectivity index (χ2v) is 10.9. The van der Waals surface area contributed by atoms with Crippen LogP contribution in [0.3, 0.4) is 0 Å². The third kappa shape index (κ3) is 6.32. The second kappa shape index (κ2) is 11.8. The first-order valence-electron chi connectivity index (χ1n) is 13.3. The van der Waals surface area contributed by atoms with Gasteiger partial charge >= 0.3 is 11.9 Å². The minimum atomic E-state index is -1.82. The fourth-order valence-electron chi connectivity index (χ4n) is 6.01. The van der Waals surface area contributed by atoms with Gasteiger partial charge in [0.1, 0.15) is 5.67 Å². The highest BCUT2D eigenvalue weighted by Gasteiger charge is 2.45. The van der Waals surface area contributed by atoms with Crippen LogP contribution in [0, 0.1) is 5.92 Å². The molecule has 0 spiro atoms. The Morgan fingerprint density at radius 2 is 1.71 bits per heavy atom. The number of rotatable bonds is 6. The van der Waals surface area contributed by atoms with Crippen molar-refractivity contribution in [3.63, 3.8) is 0 Å². The summed E-state index contributed by atoms with van der Waals surface area (Å²) in [4.78, 5) is 33.7. The smallest absolute Gasteiger partial charge is 0.414 e. The predicted molar refractivity (Wildman–Crippen MR) is 138 cm³/mol. The van der Waals surface area contributed by atoms with Crippen molar-refractivity contribution in [2.24, 2.45) is 5.92 Å². The summed E-state index contributed by atoms with van der Waals surface area (Å²) in [6.45, 7) is 6.44. The summed E-state index contributed by atoms with van der Waals surface area (Å²) in [7, 11) is 0. The molecule has 2 aromatic rings. The van der Waals surface area contributed by atoms with Gasteiger partial charge in [-0.15, -0.1) is 0 Å². The highest BCUT2D eigenvalue weighted by molar-refractivity contribution is 6.27. The molecule has 1 amide bonds. The molecule has 3 N–H and O–H groups in total. The third-order valence-electron chi connectivity index (χ3n) is 7.89. The molecule has 208 valence electrons. The van der Waals surface area contributed by atoms with Crippen LogP contribution < -0.4 is 5.32 Å². The first-order valence-corrected chi connectivity index (χ1v) is 13.3. The van der Waals surface area contributed by atoms with Crippen molar-refractivity contribution < 1.29 is 33.7 Å². The Kier molecular flexibility index (Phi) is 8.67. The fraction of sp³-hybridized carbons (Fsp3) is 0.630. The van der Waals surface area contributed by atoms with E-state index in [0.29, 0.717) is 62.8 Å². The average Bonchev–Trinajstić information content (AvgIpc) is 3.36. The van der Waals surface area contributed by atoms with E-state index in [-0.39, 0.29) is 11.9 Å². The summed E-state index contributed by atoms with van der Waals surface area (Å²) in [5.74, 6) is -3.30. The molecule has 1 aromatic carbocycles. The number of alkyl halides is 1. The highest BCUT2D eigenvalue weighted by atomic mass is 19.1. The maximum absolute atomic E-state index is 15.3. The van der Waals surface area contributed by atoms with Gasteiger partial charge in [0.2, 0.25) is 0 Å². The first kappa shape index (κ1) is 28.0. The number of carboxylic acid groups (broad SMARTS) is 2. The maximum atomic E-state index is 15.3. The minimum absolute atomic E-state index is 0.0970. The van der Waals surface area contributed by atoms with Crippen LogP contribution in [0.4, 0.5) is 4.39 Å². The van der Waals surface area contributed by atoms with Crippen molar-refractivity contribution in [1.82, 2.24) is 20.0 Å². The van der Waals surface area contributed by atoms with Crippen LogP contribution in [0.1, 0.15) is 68.9 Å². The Hall–Kier alpha value is -3.05. The van der Waals surface area contributed by atoms with Crippen molar-refractivity contribution in [2.75, 3.05) is 26.3 Å². The van der Waals surface area contributed by atoms with Crippen molar-refractivity contribution in [1.29, 1.82) is 0 Å². The number of para-hydroxylation sites is 1. The Morgan fingerprint density at radius 3 is 2.29 bits per heavy atom. The third-order valence-corrected chi connectivity index (χ3v) is 7.89. The Morgan fingerprint density at radius 1 is 1.11 bits per heavy atom. The van der Waals surface area contributed by atoms with E-state index in [4.69, 9.17) is 24.5 Å². The lowest BCUT2D eigenvalue weighted by molar-refractivity contribution is -0.159. The number of hydrogen-bond donors (Lipinski definition) is 3. The van der Waals surface area contributed by atoms with E-state index in [2.05, 4.69) is 29.2 Å². The molecule has 2 atom stereocenters. The number of fused-ring (bicyclic) bond motifs is 3. The van der Waals surface area contributed by atoms with Gasteiger partial charge < -0.3 is 20.3 Å². The molecule has 3 fully saturated rings. The van der Waals surface area contributed by atoms with Crippen LogP contribution in [0.2, 0.25) is 0 Å². The zero-order chi connectivity index (χ0) is 27.4. The zero-order valence-electron chi connectivity index (χ0n) is 21.9. The normalized spacial score (nSPS) is 24.6. The molecular weight excluding hydrogens is 495 g/mol. The molecular formula is C27H37FN4O6. The summed E-state index contributed by atoms with van der Waals surface area (Å²) in [5, 5.41) is 23.5. The van der Waals surface area contributed by atoms with Crippen molar-refractivity contribution in [3.05, 3.63) is 30.0 Å². The quantitative estimate of drug-likeness (QED) is 0.483. The predicted octanol–water partition coefficient (Wildman–Crippen LogP) is 3.26. The Bertz CT molecular complexity index is 1140. The van der Waals surface area contributed by atoms with Gasteiger partial charge in [-0.1, -0.05) is 18.2 Å². The number of carbonyl (C=O) groups is 3. The summed E-state index contributed by atoms with van der Waals surface area (Å²) in [6.07, 6.45) is 5.38. The van der Waals surface area contributed by atoms with Gasteiger partial charge in [0.05, 0.1) is 5.52 Å². The van der Waals surface area contributed by atoms with E-state index < -0.39 is 17.6 Å². The lowest BCUT2D eigenvalue weighted by Crippen LogP contribution is -2.52. The number of aromatic nitrogens is 2. The number of carboxylic acids is 2. The number of hydrogen-bond acceptors (Lipinski definition) is 6. The molecule has 0 aliphatic carbocycles. The Labute approximate surface area is 221 Å². The molecule has 4 heterocycles. The van der Waals surface area contributed by atoms with Crippen LogP contribution in [0.25, 0.3) is 10.9 Å². The number of piperidine rings is 1. The first-order chi connectivity index (χ1) is 18.1. The summed E-state index contributed by atoms with van der Waals surface area (Å²) in [6, 6.07) is 8.99. The van der Waals surface area contributed by atoms with Crippen LogP contribution in [-0.4, -0.2) is 86.8 Å². The molecule has 10 nitrogen and oxygen atoms in total. The van der Waals surface area contributed by atoms with E-state index in [1.54, 1.807) is 0 Å². The lowest BCUT2D eigenvalue weighted by Gasteiger charge is -2.43. The molecule has 0 saturated carbocycles. The van der Waals surface area contributed by atoms with Gasteiger partial charge in [-0.2, -0.15) is 5.10 Å². The van der Waals surface area contributed by atoms with Gasteiger partial charge in [-0.25, -0.2) is 14.0 Å². The fourth-order valence-corrected chi connectivity index (χ4v) is 6.01.